The molecule has 0 spiro atoms. The normalized spacial score (nSPS) is 10.4. The van der Waals surface area contributed by atoms with Crippen molar-refractivity contribution < 1.29 is 19.2 Å². The van der Waals surface area contributed by atoms with E-state index in [0.717, 1.165) is 11.5 Å². The summed E-state index contributed by atoms with van der Waals surface area (Å²) in [6.07, 6.45) is 0. The standard InChI is InChI=1S/C19H13NO5/c1-12(21)15-10-9-14(20(23)24)11-18(15)25-19(22)17-8-4-6-13-5-2-3-7-16(13)17/h2-11H,1H3. The third-order valence-corrected chi connectivity index (χ3v) is 3.77. The Bertz CT molecular complexity index is 1000. The van der Waals surface area contributed by atoms with Crippen LogP contribution in [0.25, 0.3) is 10.8 Å². The summed E-state index contributed by atoms with van der Waals surface area (Å²) in [5.41, 5.74) is 0.170. The second-order valence-electron chi connectivity index (χ2n) is 5.41. The third kappa shape index (κ3) is 3.23. The molecule has 0 atom stereocenters. The number of carbonyl (C=O) groups excluding carboxylic acids is 2. The van der Waals surface area contributed by atoms with Gasteiger partial charge >= 0.3 is 5.97 Å². The molecule has 0 radical (unpaired) electrons. The van der Waals surface area contributed by atoms with Crippen molar-refractivity contribution in [2.75, 3.05) is 0 Å². The molecule has 0 aliphatic rings. The first-order valence-corrected chi connectivity index (χ1v) is 7.46. The van der Waals surface area contributed by atoms with E-state index in [1.807, 2.05) is 18.2 Å². The van der Waals surface area contributed by atoms with E-state index in [1.165, 1.54) is 19.1 Å². The number of benzene rings is 3. The van der Waals surface area contributed by atoms with Gasteiger partial charge in [0.25, 0.3) is 5.69 Å². The zero-order chi connectivity index (χ0) is 18.0. The van der Waals surface area contributed by atoms with Crippen molar-refractivity contribution in [1.82, 2.24) is 0 Å². The molecular formula is C19H13NO5. The molecule has 3 aromatic rings. The van der Waals surface area contributed by atoms with E-state index in [1.54, 1.807) is 24.3 Å². The monoisotopic (exact) mass is 335 g/mol. The van der Waals surface area contributed by atoms with Crippen molar-refractivity contribution in [1.29, 1.82) is 0 Å². The molecule has 0 aromatic heterocycles. The fourth-order valence-electron chi connectivity index (χ4n) is 2.56. The Kier molecular flexibility index (Phi) is 4.26. The van der Waals surface area contributed by atoms with E-state index in [2.05, 4.69) is 0 Å². The van der Waals surface area contributed by atoms with Gasteiger partial charge in [-0.15, -0.1) is 0 Å². The van der Waals surface area contributed by atoms with Crippen LogP contribution in [0.4, 0.5) is 5.69 Å². The minimum atomic E-state index is -0.681. The van der Waals surface area contributed by atoms with E-state index in [9.17, 15) is 19.7 Å². The molecule has 0 amide bonds. The zero-order valence-electron chi connectivity index (χ0n) is 13.3. The largest absolute Gasteiger partial charge is 0.422 e. The summed E-state index contributed by atoms with van der Waals surface area (Å²) in [6.45, 7) is 1.30. The Labute approximate surface area is 142 Å². The van der Waals surface area contributed by atoms with Gasteiger partial charge in [0.05, 0.1) is 22.1 Å². The fourth-order valence-corrected chi connectivity index (χ4v) is 2.56. The van der Waals surface area contributed by atoms with Gasteiger partial charge in [0, 0.05) is 6.07 Å². The molecule has 0 N–H and O–H groups in total. The summed E-state index contributed by atoms with van der Waals surface area (Å²) >= 11 is 0. The minimum Gasteiger partial charge on any atom is -0.422 e. The molecule has 0 aliphatic heterocycles. The van der Waals surface area contributed by atoms with Gasteiger partial charge in [-0.2, -0.15) is 0 Å². The second kappa shape index (κ2) is 6.52. The highest BCUT2D eigenvalue weighted by Crippen LogP contribution is 2.27. The molecule has 0 saturated carbocycles. The maximum Gasteiger partial charge on any atom is 0.344 e. The summed E-state index contributed by atoms with van der Waals surface area (Å²) in [5, 5.41) is 12.5. The van der Waals surface area contributed by atoms with Crippen LogP contribution in [0.3, 0.4) is 0 Å². The summed E-state index contributed by atoms with van der Waals surface area (Å²) in [5.74, 6) is -1.16. The number of fused-ring (bicyclic) bond motifs is 1. The topological polar surface area (TPSA) is 86.5 Å². The Morgan fingerprint density at radius 3 is 2.40 bits per heavy atom. The highest BCUT2D eigenvalue weighted by atomic mass is 16.6. The Morgan fingerprint density at radius 1 is 0.960 bits per heavy atom. The van der Waals surface area contributed by atoms with Crippen LogP contribution < -0.4 is 4.74 Å². The molecule has 0 heterocycles. The first-order valence-electron chi connectivity index (χ1n) is 7.46. The lowest BCUT2D eigenvalue weighted by atomic mass is 10.0. The highest BCUT2D eigenvalue weighted by Gasteiger charge is 2.19. The predicted octanol–water partition coefficient (Wildman–Crippen LogP) is 4.17. The number of nitrogens with zero attached hydrogens (tertiary/aromatic N) is 1. The third-order valence-electron chi connectivity index (χ3n) is 3.77. The summed E-state index contributed by atoms with van der Waals surface area (Å²) in [6, 6.07) is 16.1. The zero-order valence-corrected chi connectivity index (χ0v) is 13.3. The molecule has 0 bridgehead atoms. The number of ketones is 1. The van der Waals surface area contributed by atoms with Gasteiger partial charge < -0.3 is 4.74 Å². The van der Waals surface area contributed by atoms with E-state index in [0.29, 0.717) is 10.9 Å². The molecule has 0 unspecified atom stereocenters. The van der Waals surface area contributed by atoms with Gasteiger partial charge in [-0.05, 0) is 29.8 Å². The smallest absolute Gasteiger partial charge is 0.344 e. The molecule has 6 nitrogen and oxygen atoms in total. The maximum atomic E-state index is 12.6. The molecule has 6 heteroatoms. The van der Waals surface area contributed by atoms with Gasteiger partial charge in [0.15, 0.2) is 5.78 Å². The number of rotatable bonds is 4. The van der Waals surface area contributed by atoms with Gasteiger partial charge in [0.2, 0.25) is 0 Å². The van der Waals surface area contributed by atoms with Crippen LogP contribution in [0.5, 0.6) is 5.75 Å². The average molecular weight is 335 g/mol. The number of hydrogen-bond acceptors (Lipinski definition) is 5. The number of Topliss-reactive ketones (excluding diaryl/α,β-unsaturated/α-hetero) is 1. The lowest BCUT2D eigenvalue weighted by molar-refractivity contribution is -0.384. The van der Waals surface area contributed by atoms with Crippen LogP contribution in [0, 0.1) is 10.1 Å². The van der Waals surface area contributed by atoms with Gasteiger partial charge in [0.1, 0.15) is 5.75 Å². The number of hydrogen-bond donors (Lipinski definition) is 0. The number of carbonyl (C=O) groups is 2. The van der Waals surface area contributed by atoms with Crippen LogP contribution >= 0.6 is 0 Å². The lowest BCUT2D eigenvalue weighted by Crippen LogP contribution is -2.11. The quantitative estimate of drug-likeness (QED) is 0.235. The number of ether oxygens (including phenoxy) is 1. The van der Waals surface area contributed by atoms with Crippen molar-refractivity contribution in [3.8, 4) is 5.75 Å². The first kappa shape index (κ1) is 16.3. The van der Waals surface area contributed by atoms with Gasteiger partial charge in [-0.25, -0.2) is 4.79 Å². The molecule has 0 fully saturated rings. The van der Waals surface area contributed by atoms with Crippen LogP contribution in [0.2, 0.25) is 0 Å². The Morgan fingerprint density at radius 2 is 1.68 bits per heavy atom. The van der Waals surface area contributed by atoms with Gasteiger partial charge in [-0.1, -0.05) is 36.4 Å². The summed E-state index contributed by atoms with van der Waals surface area (Å²) in [7, 11) is 0. The maximum absolute atomic E-state index is 12.6. The lowest BCUT2D eigenvalue weighted by Gasteiger charge is -2.10. The fraction of sp³-hybridized carbons (Fsp3) is 0.0526. The minimum absolute atomic E-state index is 0.110. The van der Waals surface area contributed by atoms with E-state index in [-0.39, 0.29) is 22.8 Å². The van der Waals surface area contributed by atoms with Gasteiger partial charge in [-0.3, -0.25) is 14.9 Å². The number of non-ortho nitro benzene ring substituents is 1. The second-order valence-corrected chi connectivity index (χ2v) is 5.41. The predicted molar refractivity (Wildman–Crippen MR) is 92.0 cm³/mol. The molecule has 25 heavy (non-hydrogen) atoms. The van der Waals surface area contributed by atoms with Crippen molar-refractivity contribution in [2.24, 2.45) is 0 Å². The first-order chi connectivity index (χ1) is 12.0. The van der Waals surface area contributed by atoms with Crippen LogP contribution in [0.1, 0.15) is 27.6 Å². The number of nitro groups is 1. The number of nitro benzene ring substituents is 1. The Balaban J connectivity index is 2.04. The van der Waals surface area contributed by atoms with Crippen LogP contribution in [-0.2, 0) is 0 Å². The molecule has 0 saturated heterocycles. The van der Waals surface area contributed by atoms with Crippen LogP contribution in [0.15, 0.2) is 60.7 Å². The highest BCUT2D eigenvalue weighted by molar-refractivity contribution is 6.06. The molecule has 3 rings (SSSR count). The Hall–Kier alpha value is -3.54. The van der Waals surface area contributed by atoms with Crippen LogP contribution in [-0.4, -0.2) is 16.7 Å². The van der Waals surface area contributed by atoms with Crippen molar-refractivity contribution in [3.63, 3.8) is 0 Å². The van der Waals surface area contributed by atoms with E-state index >= 15 is 0 Å². The van der Waals surface area contributed by atoms with Crippen molar-refractivity contribution in [3.05, 3.63) is 81.9 Å². The summed E-state index contributed by atoms with van der Waals surface area (Å²) < 4.78 is 5.33. The molecule has 3 aromatic carbocycles. The molecular weight excluding hydrogens is 322 g/mol. The van der Waals surface area contributed by atoms with Crippen molar-refractivity contribution >= 4 is 28.2 Å². The molecule has 0 aliphatic carbocycles. The summed E-state index contributed by atoms with van der Waals surface area (Å²) in [4.78, 5) is 34.6. The SMILES string of the molecule is CC(=O)c1ccc([N+](=O)[O-])cc1OC(=O)c1cccc2ccccc12. The van der Waals surface area contributed by atoms with E-state index in [4.69, 9.17) is 4.74 Å². The average Bonchev–Trinajstić information content (AvgIpc) is 2.60. The number of esters is 1. The molecule has 124 valence electrons. The van der Waals surface area contributed by atoms with E-state index < -0.39 is 10.9 Å². The van der Waals surface area contributed by atoms with Crippen molar-refractivity contribution in [2.45, 2.75) is 6.92 Å².